The van der Waals surface area contributed by atoms with Gasteiger partial charge in [-0.1, -0.05) is 26.0 Å². The largest absolute Gasteiger partial charge is 0.339 e. The van der Waals surface area contributed by atoms with Crippen LogP contribution in [0.25, 0.3) is 0 Å². The summed E-state index contributed by atoms with van der Waals surface area (Å²) in [6, 6.07) is 9.32. The van der Waals surface area contributed by atoms with E-state index < -0.39 is 0 Å². The number of carbonyl (C=O) groups excluding carboxylic acids is 1. The molecular weight excluding hydrogens is 296 g/mol. The number of hydrogen-bond donors (Lipinski definition) is 0. The predicted octanol–water partition coefficient (Wildman–Crippen LogP) is 4.00. The molecule has 2 saturated carbocycles. The third-order valence-corrected chi connectivity index (χ3v) is 6.36. The second kappa shape index (κ2) is 6.87. The minimum absolute atomic E-state index is 0.187. The Morgan fingerprint density at radius 1 is 1.00 bits per heavy atom. The molecule has 0 aromatic heterocycles. The fraction of sp³-hybridized carbons (Fsp3) is 0.667. The van der Waals surface area contributed by atoms with Crippen molar-refractivity contribution in [1.29, 1.82) is 0 Å². The number of benzene rings is 1. The van der Waals surface area contributed by atoms with Crippen LogP contribution < -0.4 is 0 Å². The summed E-state index contributed by atoms with van der Waals surface area (Å²) in [5.74, 6) is 2.25. The molecular formula is C21H32N2O. The third kappa shape index (κ3) is 3.37. The molecule has 2 fully saturated rings. The topological polar surface area (TPSA) is 23.6 Å². The Balaban J connectivity index is 1.65. The summed E-state index contributed by atoms with van der Waals surface area (Å²) < 4.78 is 0. The van der Waals surface area contributed by atoms with Crippen LogP contribution in [-0.4, -0.2) is 48.9 Å². The van der Waals surface area contributed by atoms with Crippen LogP contribution in [0.4, 0.5) is 0 Å². The van der Waals surface area contributed by atoms with E-state index in [1.54, 1.807) is 0 Å². The van der Waals surface area contributed by atoms with E-state index in [0.29, 0.717) is 12.0 Å². The molecule has 3 rings (SSSR count). The van der Waals surface area contributed by atoms with Crippen molar-refractivity contribution in [2.75, 3.05) is 21.1 Å². The van der Waals surface area contributed by atoms with Crippen molar-refractivity contribution >= 4 is 5.91 Å². The van der Waals surface area contributed by atoms with Gasteiger partial charge in [-0.15, -0.1) is 0 Å². The summed E-state index contributed by atoms with van der Waals surface area (Å²) in [6.45, 7) is 4.35. The van der Waals surface area contributed by atoms with E-state index in [-0.39, 0.29) is 5.91 Å². The number of rotatable bonds is 4. The van der Waals surface area contributed by atoms with Gasteiger partial charge in [-0.25, -0.2) is 0 Å². The molecule has 0 heterocycles. The first kappa shape index (κ1) is 17.5. The fourth-order valence-electron chi connectivity index (χ4n) is 4.69. The summed E-state index contributed by atoms with van der Waals surface area (Å²) in [4.78, 5) is 17.3. The van der Waals surface area contributed by atoms with Crippen molar-refractivity contribution < 1.29 is 4.79 Å². The monoisotopic (exact) mass is 328 g/mol. The zero-order valence-corrected chi connectivity index (χ0v) is 15.8. The summed E-state index contributed by atoms with van der Waals surface area (Å²) in [5, 5.41) is 0. The summed E-state index contributed by atoms with van der Waals surface area (Å²) in [7, 11) is 6.39. The number of amides is 1. The first-order chi connectivity index (χ1) is 11.4. The Hall–Kier alpha value is -1.35. The van der Waals surface area contributed by atoms with Gasteiger partial charge in [0.25, 0.3) is 5.91 Å². The van der Waals surface area contributed by atoms with E-state index in [4.69, 9.17) is 0 Å². The van der Waals surface area contributed by atoms with Gasteiger partial charge in [0.15, 0.2) is 0 Å². The average molecular weight is 329 g/mol. The Morgan fingerprint density at radius 3 is 2.12 bits per heavy atom. The highest BCUT2D eigenvalue weighted by atomic mass is 16.2. The molecule has 4 atom stereocenters. The number of hydrogen-bond acceptors (Lipinski definition) is 2. The van der Waals surface area contributed by atoms with Gasteiger partial charge in [-0.05, 0) is 75.2 Å². The Labute approximate surface area is 147 Å². The van der Waals surface area contributed by atoms with Crippen molar-refractivity contribution in [3.8, 4) is 0 Å². The van der Waals surface area contributed by atoms with Crippen molar-refractivity contribution in [1.82, 2.24) is 9.80 Å². The highest BCUT2D eigenvalue weighted by Crippen LogP contribution is 2.46. The number of carbonyl (C=O) groups is 1. The molecule has 2 unspecified atom stereocenters. The lowest BCUT2D eigenvalue weighted by atomic mass is 10.00. The van der Waals surface area contributed by atoms with Crippen LogP contribution >= 0.6 is 0 Å². The van der Waals surface area contributed by atoms with Gasteiger partial charge in [0.1, 0.15) is 0 Å². The number of fused-ring (bicyclic) bond motifs is 1. The molecule has 2 aliphatic carbocycles. The maximum Gasteiger partial charge on any atom is 0.253 e. The fourth-order valence-corrected chi connectivity index (χ4v) is 4.69. The maximum absolute atomic E-state index is 12.9. The highest BCUT2D eigenvalue weighted by Gasteiger charge is 2.44. The van der Waals surface area contributed by atoms with E-state index in [9.17, 15) is 4.79 Å². The van der Waals surface area contributed by atoms with Gasteiger partial charge in [-0.3, -0.25) is 4.79 Å². The quantitative estimate of drug-likeness (QED) is 0.834. The van der Waals surface area contributed by atoms with Crippen LogP contribution in [0.3, 0.4) is 0 Å². The van der Waals surface area contributed by atoms with Crippen LogP contribution in [0.15, 0.2) is 24.3 Å². The Bertz CT molecular complexity index is 581. The summed E-state index contributed by atoms with van der Waals surface area (Å²) in [5.41, 5.74) is 2.08. The van der Waals surface area contributed by atoms with Crippen molar-refractivity contribution in [3.63, 3.8) is 0 Å². The number of nitrogens with zero attached hydrogens (tertiary/aromatic N) is 2. The van der Waals surface area contributed by atoms with E-state index in [1.807, 2.05) is 24.1 Å². The third-order valence-electron chi connectivity index (χ3n) is 6.36. The molecule has 0 aliphatic heterocycles. The van der Waals surface area contributed by atoms with E-state index in [2.05, 4.69) is 45.0 Å². The zero-order chi connectivity index (χ0) is 17.4. The molecule has 1 aromatic carbocycles. The molecule has 3 heteroatoms. The minimum Gasteiger partial charge on any atom is -0.339 e. The molecule has 3 nitrogen and oxygen atoms in total. The first-order valence-corrected chi connectivity index (χ1v) is 9.40. The van der Waals surface area contributed by atoms with Gasteiger partial charge in [0.2, 0.25) is 0 Å². The van der Waals surface area contributed by atoms with Crippen LogP contribution in [0.1, 0.15) is 61.4 Å². The first-order valence-electron chi connectivity index (χ1n) is 9.40. The van der Waals surface area contributed by atoms with Crippen molar-refractivity contribution in [2.24, 2.45) is 11.8 Å². The lowest BCUT2D eigenvalue weighted by Crippen LogP contribution is -2.36. The van der Waals surface area contributed by atoms with Crippen LogP contribution in [0.2, 0.25) is 0 Å². The molecule has 0 spiro atoms. The maximum atomic E-state index is 12.9. The van der Waals surface area contributed by atoms with Crippen LogP contribution in [0, 0.1) is 11.8 Å². The molecule has 0 N–H and O–H groups in total. The molecule has 1 amide bonds. The lowest BCUT2D eigenvalue weighted by molar-refractivity contribution is 0.0726. The van der Waals surface area contributed by atoms with Crippen LogP contribution in [0.5, 0.6) is 0 Å². The summed E-state index contributed by atoms with van der Waals surface area (Å²) >= 11 is 0. The van der Waals surface area contributed by atoms with Crippen LogP contribution in [-0.2, 0) is 0 Å². The molecule has 132 valence electrons. The second-order valence-electron chi connectivity index (χ2n) is 8.43. The molecule has 1 aromatic rings. The lowest BCUT2D eigenvalue weighted by Gasteiger charge is -2.27. The predicted molar refractivity (Wildman–Crippen MR) is 99.3 cm³/mol. The molecule has 0 saturated heterocycles. The zero-order valence-electron chi connectivity index (χ0n) is 15.8. The van der Waals surface area contributed by atoms with Gasteiger partial charge >= 0.3 is 0 Å². The van der Waals surface area contributed by atoms with E-state index in [0.717, 1.165) is 23.4 Å². The molecule has 0 radical (unpaired) electrons. The molecule has 24 heavy (non-hydrogen) atoms. The average Bonchev–Trinajstić information content (AvgIpc) is 3.12. The summed E-state index contributed by atoms with van der Waals surface area (Å²) in [6.07, 6.45) is 4.97. The van der Waals surface area contributed by atoms with Crippen molar-refractivity contribution in [3.05, 3.63) is 35.4 Å². The van der Waals surface area contributed by atoms with Gasteiger partial charge in [-0.2, -0.15) is 0 Å². The smallest absolute Gasteiger partial charge is 0.253 e. The minimum atomic E-state index is 0.187. The van der Waals surface area contributed by atoms with Gasteiger partial charge < -0.3 is 9.80 Å². The SMILES string of the molecule is CC(C)c1cccc(C(=O)N(C)C2C[C@H]3CC(N(C)C)C[C@H]3C2)c1. The standard InChI is InChI=1S/C21H32N2O/c1-14(2)15-7-6-8-16(9-15)21(24)23(5)20-12-17-10-19(22(3)4)11-18(17)13-20/h6-9,14,17-20H,10-13H2,1-5H3/t17-,18+,19?,20?. The van der Waals surface area contributed by atoms with E-state index >= 15 is 0 Å². The second-order valence-corrected chi connectivity index (χ2v) is 8.43. The highest BCUT2D eigenvalue weighted by molar-refractivity contribution is 5.94. The Morgan fingerprint density at radius 2 is 1.58 bits per heavy atom. The van der Waals surface area contributed by atoms with Crippen molar-refractivity contribution in [2.45, 2.75) is 57.5 Å². The normalized spacial score (nSPS) is 29.3. The molecule has 2 aliphatic rings. The van der Waals surface area contributed by atoms with Gasteiger partial charge in [0.05, 0.1) is 0 Å². The van der Waals surface area contributed by atoms with E-state index in [1.165, 1.54) is 31.2 Å². The van der Waals surface area contributed by atoms with Gasteiger partial charge in [0, 0.05) is 24.7 Å². The molecule has 0 bridgehead atoms. The Kier molecular flexibility index (Phi) is 5.00.